The van der Waals surface area contributed by atoms with Crippen molar-refractivity contribution in [2.45, 2.75) is 31.7 Å². The smallest absolute Gasteiger partial charge is 0.246 e. The minimum atomic E-state index is 0. The van der Waals surface area contributed by atoms with Crippen LogP contribution in [0.25, 0.3) is 6.08 Å². The van der Waals surface area contributed by atoms with E-state index >= 15 is 0 Å². The first-order valence-corrected chi connectivity index (χ1v) is 9.03. The molecule has 2 atom stereocenters. The van der Waals surface area contributed by atoms with E-state index in [1.807, 2.05) is 23.0 Å². The predicted molar refractivity (Wildman–Crippen MR) is 103 cm³/mol. The van der Waals surface area contributed by atoms with E-state index in [0.717, 1.165) is 37.9 Å². The minimum Gasteiger partial charge on any atom is -0.339 e. The molecule has 144 valence electrons. The minimum absolute atomic E-state index is 0. The van der Waals surface area contributed by atoms with E-state index in [1.54, 1.807) is 23.0 Å². The van der Waals surface area contributed by atoms with Gasteiger partial charge in [0, 0.05) is 57.0 Å². The number of nitrogens with two attached hydrogens (primary N) is 1. The van der Waals surface area contributed by atoms with Crippen molar-refractivity contribution in [3.8, 4) is 0 Å². The van der Waals surface area contributed by atoms with Crippen LogP contribution in [-0.4, -0.2) is 63.6 Å². The fourth-order valence-corrected chi connectivity index (χ4v) is 3.90. The molecule has 7 nitrogen and oxygen atoms in total. The zero-order valence-electron chi connectivity index (χ0n) is 15.2. The summed E-state index contributed by atoms with van der Waals surface area (Å²) in [4.78, 5) is 28.6. The third kappa shape index (κ3) is 4.65. The summed E-state index contributed by atoms with van der Waals surface area (Å²) in [6.07, 6.45) is 10.2. The molecule has 0 radical (unpaired) electrons. The Morgan fingerprint density at radius 2 is 2.23 bits per heavy atom. The Balaban J connectivity index is 0.00000243. The number of halogens is 1. The molecule has 1 aromatic heterocycles. The number of rotatable bonds is 5. The van der Waals surface area contributed by atoms with Crippen molar-refractivity contribution in [3.63, 3.8) is 0 Å². The van der Waals surface area contributed by atoms with Crippen LogP contribution in [0.1, 0.15) is 31.2 Å². The van der Waals surface area contributed by atoms with Crippen molar-refractivity contribution in [2.75, 3.05) is 26.2 Å². The molecule has 26 heavy (non-hydrogen) atoms. The highest BCUT2D eigenvalue weighted by atomic mass is 35.5. The summed E-state index contributed by atoms with van der Waals surface area (Å²) < 4.78 is 1.71. The Morgan fingerprint density at radius 1 is 1.42 bits per heavy atom. The van der Waals surface area contributed by atoms with Gasteiger partial charge in [0.05, 0.1) is 6.20 Å². The molecule has 2 amide bonds. The molecule has 0 aliphatic carbocycles. The molecule has 3 heterocycles. The number of aryl methyl sites for hydroxylation is 1. The summed E-state index contributed by atoms with van der Waals surface area (Å²) in [5.74, 6) is 0.652. The van der Waals surface area contributed by atoms with E-state index in [4.69, 9.17) is 5.73 Å². The van der Waals surface area contributed by atoms with E-state index in [2.05, 4.69) is 5.10 Å². The van der Waals surface area contributed by atoms with Gasteiger partial charge in [0.2, 0.25) is 11.8 Å². The number of likely N-dealkylation sites (tertiary alicyclic amines) is 2. The zero-order chi connectivity index (χ0) is 17.8. The zero-order valence-corrected chi connectivity index (χ0v) is 16.0. The van der Waals surface area contributed by atoms with Crippen molar-refractivity contribution in [1.29, 1.82) is 0 Å². The SMILES string of the molecule is Cl.Cn1cc(/C=C/C(=O)N2CC[C@@H]3[C@@H](CCC(=O)N3CCCN)C2)cn1. The van der Waals surface area contributed by atoms with Gasteiger partial charge in [-0.25, -0.2) is 0 Å². The van der Waals surface area contributed by atoms with E-state index in [1.165, 1.54) is 0 Å². The van der Waals surface area contributed by atoms with Crippen molar-refractivity contribution >= 4 is 30.3 Å². The Hall–Kier alpha value is -1.86. The number of amides is 2. The second-order valence-corrected chi connectivity index (χ2v) is 6.95. The molecule has 2 aliphatic rings. The summed E-state index contributed by atoms with van der Waals surface area (Å²) in [6.45, 7) is 2.77. The number of aromatic nitrogens is 2. The third-order valence-corrected chi connectivity index (χ3v) is 5.20. The van der Waals surface area contributed by atoms with Crippen LogP contribution in [0.4, 0.5) is 0 Å². The average molecular weight is 382 g/mol. The largest absolute Gasteiger partial charge is 0.339 e. The molecule has 0 saturated carbocycles. The van der Waals surface area contributed by atoms with Crippen LogP contribution in [0.2, 0.25) is 0 Å². The molecule has 2 aliphatic heterocycles. The van der Waals surface area contributed by atoms with E-state index in [0.29, 0.717) is 25.4 Å². The Labute approximate surface area is 160 Å². The molecule has 2 fully saturated rings. The standard InChI is InChI=1S/C18H27N5O2.ClH/c1-21-12-14(11-20-21)3-5-17(24)22-10-7-16-15(13-22)4-6-18(25)23(16)9-2-8-19;/h3,5,11-12,15-16H,2,4,6-10,13,19H2,1H3;1H/b5-3+;/t15-,16+;/m0./s1. The summed E-state index contributed by atoms with van der Waals surface area (Å²) in [5.41, 5.74) is 6.52. The predicted octanol–water partition coefficient (Wildman–Crippen LogP) is 1.04. The first-order valence-electron chi connectivity index (χ1n) is 9.03. The number of nitrogens with zero attached hydrogens (tertiary/aromatic N) is 4. The quantitative estimate of drug-likeness (QED) is 0.772. The monoisotopic (exact) mass is 381 g/mol. The van der Waals surface area contributed by atoms with Gasteiger partial charge >= 0.3 is 0 Å². The summed E-state index contributed by atoms with van der Waals surface area (Å²) in [5, 5.41) is 4.10. The van der Waals surface area contributed by atoms with Gasteiger partial charge in [-0.05, 0) is 37.8 Å². The maximum absolute atomic E-state index is 12.5. The van der Waals surface area contributed by atoms with Gasteiger partial charge in [-0.3, -0.25) is 14.3 Å². The number of carbonyl (C=O) groups excluding carboxylic acids is 2. The summed E-state index contributed by atoms with van der Waals surface area (Å²) in [7, 11) is 1.85. The third-order valence-electron chi connectivity index (χ3n) is 5.20. The number of carbonyl (C=O) groups is 2. The van der Waals surface area contributed by atoms with Gasteiger partial charge < -0.3 is 15.5 Å². The molecule has 2 saturated heterocycles. The van der Waals surface area contributed by atoms with Crippen LogP contribution in [0, 0.1) is 5.92 Å². The molecule has 0 aromatic carbocycles. The van der Waals surface area contributed by atoms with Crippen LogP contribution in [-0.2, 0) is 16.6 Å². The van der Waals surface area contributed by atoms with Gasteiger partial charge in [0.15, 0.2) is 0 Å². The second kappa shape index (κ2) is 9.19. The second-order valence-electron chi connectivity index (χ2n) is 6.95. The van der Waals surface area contributed by atoms with Crippen molar-refractivity contribution in [1.82, 2.24) is 19.6 Å². The van der Waals surface area contributed by atoms with Crippen LogP contribution in [0.15, 0.2) is 18.5 Å². The lowest BCUT2D eigenvalue weighted by Crippen LogP contribution is -2.57. The topological polar surface area (TPSA) is 84.5 Å². The first kappa shape index (κ1) is 20.5. The molecule has 2 N–H and O–H groups in total. The van der Waals surface area contributed by atoms with Gasteiger partial charge in [-0.2, -0.15) is 5.10 Å². The molecular formula is C18H28ClN5O2. The van der Waals surface area contributed by atoms with Crippen molar-refractivity contribution in [3.05, 3.63) is 24.0 Å². The van der Waals surface area contributed by atoms with Crippen LogP contribution in [0.3, 0.4) is 0 Å². The Kier molecular flexibility index (Phi) is 7.23. The normalized spacial score (nSPS) is 23.1. The number of hydrogen-bond donors (Lipinski definition) is 1. The average Bonchev–Trinajstić information content (AvgIpc) is 3.04. The molecule has 8 heteroatoms. The van der Waals surface area contributed by atoms with Crippen molar-refractivity contribution < 1.29 is 9.59 Å². The number of hydrogen-bond acceptors (Lipinski definition) is 4. The van der Waals surface area contributed by atoms with Crippen molar-refractivity contribution in [2.24, 2.45) is 18.7 Å². The maximum atomic E-state index is 12.5. The number of piperidine rings is 2. The lowest BCUT2D eigenvalue weighted by Gasteiger charge is -2.47. The lowest BCUT2D eigenvalue weighted by atomic mass is 9.83. The van der Waals surface area contributed by atoms with E-state index in [-0.39, 0.29) is 30.3 Å². The Morgan fingerprint density at radius 3 is 2.92 bits per heavy atom. The first-order chi connectivity index (χ1) is 12.1. The maximum Gasteiger partial charge on any atom is 0.246 e. The number of fused-ring (bicyclic) bond motifs is 1. The molecule has 0 bridgehead atoms. The summed E-state index contributed by atoms with van der Waals surface area (Å²) in [6, 6.07) is 0.263. The molecule has 0 spiro atoms. The fraction of sp³-hybridized carbons (Fsp3) is 0.611. The lowest BCUT2D eigenvalue weighted by molar-refractivity contribution is -0.143. The fourth-order valence-electron chi connectivity index (χ4n) is 3.90. The van der Waals surface area contributed by atoms with Gasteiger partial charge in [-0.15, -0.1) is 12.4 Å². The van der Waals surface area contributed by atoms with Gasteiger partial charge in [0.25, 0.3) is 0 Å². The highest BCUT2D eigenvalue weighted by Crippen LogP contribution is 2.31. The summed E-state index contributed by atoms with van der Waals surface area (Å²) >= 11 is 0. The Bertz CT molecular complexity index is 660. The molecule has 1 aromatic rings. The van der Waals surface area contributed by atoms with Crippen LogP contribution in [0.5, 0.6) is 0 Å². The van der Waals surface area contributed by atoms with Crippen LogP contribution >= 0.6 is 12.4 Å². The van der Waals surface area contributed by atoms with E-state index in [9.17, 15) is 9.59 Å². The molecular weight excluding hydrogens is 354 g/mol. The van der Waals surface area contributed by atoms with Gasteiger partial charge in [-0.1, -0.05) is 0 Å². The van der Waals surface area contributed by atoms with E-state index < -0.39 is 0 Å². The van der Waals surface area contributed by atoms with Gasteiger partial charge in [0.1, 0.15) is 0 Å². The highest BCUT2D eigenvalue weighted by molar-refractivity contribution is 5.91. The highest BCUT2D eigenvalue weighted by Gasteiger charge is 2.39. The van der Waals surface area contributed by atoms with Crippen LogP contribution < -0.4 is 5.73 Å². The molecule has 3 rings (SSSR count). The molecule has 0 unspecified atom stereocenters.